The fraction of sp³-hybridized carbons (Fsp3) is 0.136. The van der Waals surface area contributed by atoms with E-state index in [0.29, 0.717) is 28.2 Å². The van der Waals surface area contributed by atoms with Crippen molar-refractivity contribution in [1.82, 2.24) is 0 Å². The van der Waals surface area contributed by atoms with Gasteiger partial charge in [0.15, 0.2) is 0 Å². The molecule has 0 spiro atoms. The number of carbonyl (C=O) groups is 1. The smallest absolute Gasteiger partial charge is 0.264 e. The predicted octanol–water partition coefficient (Wildman–Crippen LogP) is 4.68. The maximum atomic E-state index is 13.3. The molecule has 1 N–H and O–H groups in total. The number of carbonyl (C=O) groups excluding carboxylic acids is 1. The van der Waals surface area contributed by atoms with Gasteiger partial charge in [0.1, 0.15) is 12.3 Å². The predicted molar refractivity (Wildman–Crippen MR) is 121 cm³/mol. The lowest BCUT2D eigenvalue weighted by atomic mass is 10.3. The third kappa shape index (κ3) is 5.40. The number of nitrogens with one attached hydrogen (secondary N) is 1. The van der Waals surface area contributed by atoms with Crippen LogP contribution in [0.3, 0.4) is 0 Å². The molecule has 0 saturated heterocycles. The summed E-state index contributed by atoms with van der Waals surface area (Å²) in [6, 6.07) is 21.7. The van der Waals surface area contributed by atoms with Crippen molar-refractivity contribution in [2.24, 2.45) is 0 Å². The van der Waals surface area contributed by atoms with E-state index in [1.807, 2.05) is 6.92 Å². The van der Waals surface area contributed by atoms with E-state index < -0.39 is 15.9 Å². The van der Waals surface area contributed by atoms with Gasteiger partial charge in [-0.05, 0) is 61.5 Å². The summed E-state index contributed by atoms with van der Waals surface area (Å²) in [6.07, 6.45) is 0. The highest BCUT2D eigenvalue weighted by Crippen LogP contribution is 2.26. The van der Waals surface area contributed by atoms with E-state index in [0.717, 1.165) is 4.31 Å². The number of anilines is 2. The highest BCUT2D eigenvalue weighted by atomic mass is 79.9. The molecule has 0 aromatic heterocycles. The second-order valence-electron chi connectivity index (χ2n) is 6.31. The molecule has 0 heterocycles. The summed E-state index contributed by atoms with van der Waals surface area (Å²) in [6.45, 7) is 2.06. The minimum atomic E-state index is -3.94. The zero-order valence-electron chi connectivity index (χ0n) is 16.3. The first kappa shape index (κ1) is 21.9. The minimum Gasteiger partial charge on any atom is -0.494 e. The summed E-state index contributed by atoms with van der Waals surface area (Å²) in [5.74, 6) is 0.233. The highest BCUT2D eigenvalue weighted by molar-refractivity contribution is 9.10. The number of ether oxygens (including phenoxy) is 1. The molecule has 3 rings (SSSR count). The van der Waals surface area contributed by atoms with Gasteiger partial charge in [0.05, 0.1) is 17.2 Å². The SMILES string of the molecule is CCOc1ccc(NC(=O)CN(c2cccc(Br)c2)S(=O)(=O)c2ccccc2)cc1. The Labute approximate surface area is 184 Å². The topological polar surface area (TPSA) is 75.7 Å². The standard InChI is InChI=1S/C22H21BrN2O4S/c1-2-29-20-13-11-18(12-14-20)24-22(26)16-25(19-8-6-7-17(23)15-19)30(27,28)21-9-4-3-5-10-21/h3-15H,2,16H2,1H3,(H,24,26). The van der Waals surface area contributed by atoms with E-state index in [-0.39, 0.29) is 11.4 Å². The van der Waals surface area contributed by atoms with Gasteiger partial charge in [-0.25, -0.2) is 8.42 Å². The number of nitrogens with zero attached hydrogens (tertiary/aromatic N) is 1. The summed E-state index contributed by atoms with van der Waals surface area (Å²) in [4.78, 5) is 12.8. The molecule has 0 atom stereocenters. The van der Waals surface area contributed by atoms with Gasteiger partial charge in [0.2, 0.25) is 5.91 Å². The summed E-state index contributed by atoms with van der Waals surface area (Å²) in [5, 5.41) is 2.74. The van der Waals surface area contributed by atoms with Gasteiger partial charge < -0.3 is 10.1 Å². The first-order valence-corrected chi connectivity index (χ1v) is 11.5. The van der Waals surface area contributed by atoms with Gasteiger partial charge in [0.25, 0.3) is 10.0 Å². The van der Waals surface area contributed by atoms with E-state index in [2.05, 4.69) is 21.2 Å². The molecule has 0 unspecified atom stereocenters. The number of sulfonamides is 1. The fourth-order valence-corrected chi connectivity index (χ4v) is 4.62. The zero-order valence-corrected chi connectivity index (χ0v) is 18.7. The van der Waals surface area contributed by atoms with Crippen LogP contribution >= 0.6 is 15.9 Å². The third-order valence-corrected chi connectivity index (χ3v) is 6.45. The molecule has 0 fully saturated rings. The van der Waals surface area contributed by atoms with Crippen molar-refractivity contribution in [3.05, 3.63) is 83.3 Å². The Bertz CT molecular complexity index is 1100. The van der Waals surface area contributed by atoms with Crippen molar-refractivity contribution in [3.63, 3.8) is 0 Å². The number of hydrogen-bond donors (Lipinski definition) is 1. The molecule has 8 heteroatoms. The average molecular weight is 489 g/mol. The molecule has 0 aliphatic carbocycles. The third-order valence-electron chi connectivity index (χ3n) is 4.16. The Kier molecular flexibility index (Phi) is 7.12. The Balaban J connectivity index is 1.86. The fourth-order valence-electron chi connectivity index (χ4n) is 2.80. The molecule has 0 saturated carbocycles. The number of benzene rings is 3. The van der Waals surface area contributed by atoms with E-state index >= 15 is 0 Å². The maximum Gasteiger partial charge on any atom is 0.264 e. The van der Waals surface area contributed by atoms with Gasteiger partial charge in [0, 0.05) is 10.2 Å². The Morgan fingerprint density at radius 2 is 1.70 bits per heavy atom. The molecule has 30 heavy (non-hydrogen) atoms. The molecule has 0 aliphatic rings. The minimum absolute atomic E-state index is 0.110. The van der Waals surface area contributed by atoms with Crippen molar-refractivity contribution in [3.8, 4) is 5.75 Å². The number of rotatable bonds is 8. The van der Waals surface area contributed by atoms with Crippen LogP contribution in [-0.4, -0.2) is 27.5 Å². The average Bonchev–Trinajstić information content (AvgIpc) is 2.74. The number of amides is 1. The van der Waals surface area contributed by atoms with Crippen molar-refractivity contribution < 1.29 is 17.9 Å². The normalized spacial score (nSPS) is 11.0. The van der Waals surface area contributed by atoms with Crippen LogP contribution in [0.2, 0.25) is 0 Å². The van der Waals surface area contributed by atoms with Crippen LogP contribution in [0.4, 0.5) is 11.4 Å². The van der Waals surface area contributed by atoms with Crippen molar-refractivity contribution in [2.45, 2.75) is 11.8 Å². The molecule has 0 radical (unpaired) electrons. The molecule has 1 amide bonds. The van der Waals surface area contributed by atoms with E-state index in [1.54, 1.807) is 66.7 Å². The van der Waals surface area contributed by atoms with E-state index in [9.17, 15) is 13.2 Å². The van der Waals surface area contributed by atoms with E-state index in [1.165, 1.54) is 12.1 Å². The van der Waals surface area contributed by atoms with Crippen molar-refractivity contribution in [1.29, 1.82) is 0 Å². The maximum absolute atomic E-state index is 13.3. The number of halogens is 1. The second kappa shape index (κ2) is 9.77. The molecule has 3 aromatic rings. The molecule has 156 valence electrons. The quantitative estimate of drug-likeness (QED) is 0.499. The molecular weight excluding hydrogens is 468 g/mol. The van der Waals surface area contributed by atoms with Gasteiger partial charge >= 0.3 is 0 Å². The summed E-state index contributed by atoms with van der Waals surface area (Å²) < 4.78 is 33.7. The summed E-state index contributed by atoms with van der Waals surface area (Å²) in [7, 11) is -3.94. The largest absolute Gasteiger partial charge is 0.494 e. The van der Waals surface area contributed by atoms with Gasteiger partial charge in [-0.15, -0.1) is 0 Å². The van der Waals surface area contributed by atoms with Crippen LogP contribution in [0.5, 0.6) is 5.75 Å². The lowest BCUT2D eigenvalue weighted by Gasteiger charge is -2.24. The lowest BCUT2D eigenvalue weighted by Crippen LogP contribution is -2.38. The van der Waals surface area contributed by atoms with Crippen LogP contribution in [0.15, 0.2) is 88.2 Å². The van der Waals surface area contributed by atoms with Crippen LogP contribution in [-0.2, 0) is 14.8 Å². The molecule has 0 aliphatic heterocycles. The lowest BCUT2D eigenvalue weighted by molar-refractivity contribution is -0.114. The summed E-state index contributed by atoms with van der Waals surface area (Å²) in [5.41, 5.74) is 0.935. The molecule has 0 bridgehead atoms. The first-order valence-electron chi connectivity index (χ1n) is 9.26. The van der Waals surface area contributed by atoms with E-state index in [4.69, 9.17) is 4.74 Å². The number of hydrogen-bond acceptors (Lipinski definition) is 4. The monoisotopic (exact) mass is 488 g/mol. The second-order valence-corrected chi connectivity index (χ2v) is 9.09. The molecule has 6 nitrogen and oxygen atoms in total. The zero-order chi connectivity index (χ0) is 21.6. The first-order chi connectivity index (χ1) is 14.4. The Hall–Kier alpha value is -2.84. The van der Waals surface area contributed by atoms with Crippen LogP contribution in [0.25, 0.3) is 0 Å². The Morgan fingerprint density at radius 1 is 1.00 bits per heavy atom. The van der Waals surface area contributed by atoms with Crippen LogP contribution in [0.1, 0.15) is 6.92 Å². The molecule has 3 aromatic carbocycles. The summed E-state index contributed by atoms with van der Waals surface area (Å²) >= 11 is 3.36. The van der Waals surface area contributed by atoms with Crippen molar-refractivity contribution >= 4 is 43.2 Å². The van der Waals surface area contributed by atoms with Gasteiger partial charge in [-0.3, -0.25) is 9.10 Å². The Morgan fingerprint density at radius 3 is 2.33 bits per heavy atom. The van der Waals surface area contributed by atoms with Crippen LogP contribution in [0, 0.1) is 0 Å². The molecular formula is C22H21BrN2O4S. The van der Waals surface area contributed by atoms with Crippen molar-refractivity contribution in [2.75, 3.05) is 22.8 Å². The van der Waals surface area contributed by atoms with Crippen LogP contribution < -0.4 is 14.4 Å². The van der Waals surface area contributed by atoms with Gasteiger partial charge in [-0.1, -0.05) is 40.2 Å². The highest BCUT2D eigenvalue weighted by Gasteiger charge is 2.27. The van der Waals surface area contributed by atoms with Gasteiger partial charge in [-0.2, -0.15) is 0 Å².